The van der Waals surface area contributed by atoms with Crippen LogP contribution in [-0.4, -0.2) is 29.6 Å². The van der Waals surface area contributed by atoms with Crippen molar-refractivity contribution >= 4 is 23.2 Å². The van der Waals surface area contributed by atoms with Crippen LogP contribution in [0.25, 0.3) is 0 Å². The molecule has 1 rings (SSSR count). The van der Waals surface area contributed by atoms with Gasteiger partial charge < -0.3 is 10.0 Å². The molecule has 0 fully saturated rings. The van der Waals surface area contributed by atoms with Crippen molar-refractivity contribution in [3.63, 3.8) is 0 Å². The minimum Gasteiger partial charge on any atom is -0.387 e. The van der Waals surface area contributed by atoms with E-state index in [1.165, 1.54) is 77.0 Å². The van der Waals surface area contributed by atoms with Crippen molar-refractivity contribution in [1.29, 1.82) is 0 Å². The summed E-state index contributed by atoms with van der Waals surface area (Å²) in [6.45, 7) is 7.32. The van der Waals surface area contributed by atoms with E-state index in [4.69, 9.17) is 23.2 Å². The van der Waals surface area contributed by atoms with Crippen LogP contribution in [0.5, 0.6) is 0 Å². The molecule has 0 saturated heterocycles. The predicted molar refractivity (Wildman–Crippen MR) is 125 cm³/mol. The Labute approximate surface area is 183 Å². The third-order valence-corrected chi connectivity index (χ3v) is 6.15. The molecule has 1 atom stereocenters. The predicted octanol–water partition coefficient (Wildman–Crippen LogP) is 8.05. The van der Waals surface area contributed by atoms with E-state index in [1.807, 2.05) is 6.07 Å². The van der Waals surface area contributed by atoms with E-state index in [-0.39, 0.29) is 0 Å². The molecule has 162 valence electrons. The van der Waals surface area contributed by atoms with Crippen molar-refractivity contribution < 1.29 is 5.11 Å². The van der Waals surface area contributed by atoms with Crippen LogP contribution < -0.4 is 0 Å². The van der Waals surface area contributed by atoms with Gasteiger partial charge in [-0.3, -0.25) is 0 Å². The molecule has 0 saturated carbocycles. The maximum absolute atomic E-state index is 10.7. The molecule has 0 aliphatic heterocycles. The molecule has 0 aliphatic carbocycles. The summed E-state index contributed by atoms with van der Waals surface area (Å²) in [5.74, 6) is 0. The Hall–Kier alpha value is -0.280. The quantitative estimate of drug-likeness (QED) is 0.253. The topological polar surface area (TPSA) is 23.5 Å². The largest absolute Gasteiger partial charge is 0.387 e. The van der Waals surface area contributed by atoms with Gasteiger partial charge in [-0.05, 0) is 43.6 Å². The zero-order chi connectivity index (χ0) is 20.6. The zero-order valence-electron chi connectivity index (χ0n) is 18.1. The number of unbranched alkanes of at least 4 members (excludes halogenated alkanes) is 10. The standard InChI is InChI=1S/C24H41Cl2NO/c1-3-5-7-9-11-13-17-27(18-14-12-10-8-6-4-2)20-24(28)21-15-16-22(25)23(26)19-21/h15-16,19,24,28H,3-14,17-18,20H2,1-2H3. The van der Waals surface area contributed by atoms with Gasteiger partial charge in [0.25, 0.3) is 0 Å². The van der Waals surface area contributed by atoms with Gasteiger partial charge in [-0.2, -0.15) is 0 Å². The van der Waals surface area contributed by atoms with Crippen molar-refractivity contribution in [2.24, 2.45) is 0 Å². The van der Waals surface area contributed by atoms with E-state index < -0.39 is 6.10 Å². The number of aliphatic hydroxyl groups excluding tert-OH is 1. The Kier molecular flexibility index (Phi) is 15.2. The summed E-state index contributed by atoms with van der Waals surface area (Å²) in [7, 11) is 0. The number of aliphatic hydroxyl groups is 1. The van der Waals surface area contributed by atoms with E-state index in [2.05, 4.69) is 18.7 Å². The molecule has 2 nitrogen and oxygen atoms in total. The van der Waals surface area contributed by atoms with Crippen molar-refractivity contribution in [3.05, 3.63) is 33.8 Å². The van der Waals surface area contributed by atoms with Gasteiger partial charge in [0.15, 0.2) is 0 Å². The van der Waals surface area contributed by atoms with E-state index >= 15 is 0 Å². The van der Waals surface area contributed by atoms with Crippen LogP contribution >= 0.6 is 23.2 Å². The molecule has 1 N–H and O–H groups in total. The van der Waals surface area contributed by atoms with Crippen LogP contribution in [0.3, 0.4) is 0 Å². The second-order valence-electron chi connectivity index (χ2n) is 8.03. The number of benzene rings is 1. The van der Waals surface area contributed by atoms with Crippen molar-refractivity contribution in [2.45, 2.75) is 97.0 Å². The molecule has 0 amide bonds. The van der Waals surface area contributed by atoms with Crippen molar-refractivity contribution in [2.75, 3.05) is 19.6 Å². The third-order valence-electron chi connectivity index (χ3n) is 5.42. The monoisotopic (exact) mass is 429 g/mol. The molecular formula is C24H41Cl2NO. The summed E-state index contributed by atoms with van der Waals surface area (Å²) in [5.41, 5.74) is 0.852. The van der Waals surface area contributed by atoms with E-state index in [1.54, 1.807) is 12.1 Å². The van der Waals surface area contributed by atoms with E-state index in [9.17, 15) is 5.11 Å². The smallest absolute Gasteiger partial charge is 0.0917 e. The normalized spacial score (nSPS) is 12.6. The second-order valence-corrected chi connectivity index (χ2v) is 8.84. The Bertz CT molecular complexity index is 493. The highest BCUT2D eigenvalue weighted by molar-refractivity contribution is 6.42. The van der Waals surface area contributed by atoms with Crippen LogP contribution in [-0.2, 0) is 0 Å². The maximum Gasteiger partial charge on any atom is 0.0917 e. The summed E-state index contributed by atoms with van der Waals surface area (Å²) in [5, 5.41) is 11.8. The minimum absolute atomic E-state index is 0.511. The fourth-order valence-electron chi connectivity index (χ4n) is 3.60. The van der Waals surface area contributed by atoms with E-state index in [0.29, 0.717) is 16.6 Å². The summed E-state index contributed by atoms with van der Waals surface area (Å²) in [4.78, 5) is 2.44. The van der Waals surface area contributed by atoms with Crippen LogP contribution in [0.4, 0.5) is 0 Å². The molecule has 0 spiro atoms. The first-order valence-corrected chi connectivity index (χ1v) is 12.2. The first-order valence-electron chi connectivity index (χ1n) is 11.4. The maximum atomic E-state index is 10.7. The lowest BCUT2D eigenvalue weighted by Crippen LogP contribution is -2.31. The van der Waals surface area contributed by atoms with Gasteiger partial charge >= 0.3 is 0 Å². The van der Waals surface area contributed by atoms with Crippen molar-refractivity contribution in [3.8, 4) is 0 Å². The van der Waals surface area contributed by atoms with Gasteiger partial charge in [0.2, 0.25) is 0 Å². The molecule has 1 aromatic rings. The molecule has 0 heterocycles. The Morgan fingerprint density at radius 1 is 0.750 bits per heavy atom. The summed E-state index contributed by atoms with van der Waals surface area (Å²) >= 11 is 12.1. The van der Waals surface area contributed by atoms with Crippen LogP contribution in [0.15, 0.2) is 18.2 Å². The van der Waals surface area contributed by atoms with Gasteiger partial charge in [0.05, 0.1) is 16.1 Å². The average Bonchev–Trinajstić information content (AvgIpc) is 2.68. The molecule has 1 unspecified atom stereocenters. The van der Waals surface area contributed by atoms with Gasteiger partial charge in [0, 0.05) is 6.54 Å². The molecule has 0 aliphatic rings. The van der Waals surface area contributed by atoms with Crippen LogP contribution in [0, 0.1) is 0 Å². The highest BCUT2D eigenvalue weighted by Gasteiger charge is 2.14. The number of nitrogens with zero attached hydrogens (tertiary/aromatic N) is 1. The fourth-order valence-corrected chi connectivity index (χ4v) is 3.90. The lowest BCUT2D eigenvalue weighted by molar-refractivity contribution is 0.110. The lowest BCUT2D eigenvalue weighted by Gasteiger charge is -2.25. The number of halogens is 2. The summed E-state index contributed by atoms with van der Waals surface area (Å²) in [6.07, 6.45) is 15.1. The molecule has 0 radical (unpaired) electrons. The molecule has 0 bridgehead atoms. The number of hydrogen-bond donors (Lipinski definition) is 1. The second kappa shape index (κ2) is 16.5. The highest BCUT2D eigenvalue weighted by Crippen LogP contribution is 2.26. The Morgan fingerprint density at radius 3 is 1.75 bits per heavy atom. The Balaban J connectivity index is 2.46. The van der Waals surface area contributed by atoms with Crippen molar-refractivity contribution in [1.82, 2.24) is 4.90 Å². The lowest BCUT2D eigenvalue weighted by atomic mass is 10.1. The summed E-state index contributed by atoms with van der Waals surface area (Å²) in [6, 6.07) is 5.45. The van der Waals surface area contributed by atoms with Gasteiger partial charge in [0.1, 0.15) is 0 Å². The summed E-state index contributed by atoms with van der Waals surface area (Å²) < 4.78 is 0. The van der Waals surface area contributed by atoms with Crippen LogP contribution in [0.2, 0.25) is 10.0 Å². The molecule has 4 heteroatoms. The van der Waals surface area contributed by atoms with Crippen LogP contribution in [0.1, 0.15) is 103 Å². The fraction of sp³-hybridized carbons (Fsp3) is 0.750. The third kappa shape index (κ3) is 11.7. The van der Waals surface area contributed by atoms with Gasteiger partial charge in [-0.1, -0.05) is 107 Å². The minimum atomic E-state index is -0.519. The molecule has 1 aromatic carbocycles. The van der Waals surface area contributed by atoms with E-state index in [0.717, 1.165) is 18.7 Å². The van der Waals surface area contributed by atoms with Gasteiger partial charge in [-0.15, -0.1) is 0 Å². The molecule has 28 heavy (non-hydrogen) atoms. The number of hydrogen-bond acceptors (Lipinski definition) is 2. The average molecular weight is 431 g/mol. The first kappa shape index (κ1) is 25.8. The zero-order valence-corrected chi connectivity index (χ0v) is 19.6. The SMILES string of the molecule is CCCCCCCCN(CCCCCCCC)CC(O)c1ccc(Cl)c(Cl)c1. The molecule has 0 aromatic heterocycles. The highest BCUT2D eigenvalue weighted by atomic mass is 35.5. The Morgan fingerprint density at radius 2 is 1.25 bits per heavy atom. The van der Waals surface area contributed by atoms with Gasteiger partial charge in [-0.25, -0.2) is 0 Å². The number of rotatable bonds is 17. The first-order chi connectivity index (χ1) is 13.6. The molecular weight excluding hydrogens is 389 g/mol.